The highest BCUT2D eigenvalue weighted by atomic mass is 79.9. The predicted octanol–water partition coefficient (Wildman–Crippen LogP) is 4.11. The molecule has 2 aromatic rings. The molecule has 1 aromatic heterocycles. The van der Waals surface area contributed by atoms with Crippen molar-refractivity contribution in [2.24, 2.45) is 5.73 Å². The van der Waals surface area contributed by atoms with Gasteiger partial charge in [-0.25, -0.2) is 0 Å². The molecular formula is C11H6BrCl2NO2. The van der Waals surface area contributed by atoms with E-state index in [1.807, 2.05) is 0 Å². The molecule has 0 fully saturated rings. The number of halogens is 3. The molecule has 1 aromatic carbocycles. The quantitative estimate of drug-likeness (QED) is 0.840. The molecule has 0 atom stereocenters. The molecule has 0 spiro atoms. The first-order valence-electron chi connectivity index (χ1n) is 4.53. The Kier molecular flexibility index (Phi) is 3.47. The third-order valence-electron chi connectivity index (χ3n) is 2.12. The Balaban J connectivity index is 2.52. The van der Waals surface area contributed by atoms with E-state index in [1.165, 1.54) is 6.07 Å². The van der Waals surface area contributed by atoms with Gasteiger partial charge in [-0.3, -0.25) is 4.79 Å². The molecule has 0 unspecified atom stereocenters. The van der Waals surface area contributed by atoms with Crippen LogP contribution in [0.25, 0.3) is 11.3 Å². The first-order chi connectivity index (χ1) is 7.99. The number of primary amides is 1. The highest BCUT2D eigenvalue weighted by Crippen LogP contribution is 2.36. The highest BCUT2D eigenvalue weighted by molar-refractivity contribution is 9.10. The van der Waals surface area contributed by atoms with Crippen LogP contribution in [0, 0.1) is 0 Å². The molecule has 3 nitrogen and oxygen atoms in total. The number of nitrogens with two attached hydrogens (primary N) is 1. The van der Waals surface area contributed by atoms with E-state index in [4.69, 9.17) is 33.4 Å². The third kappa shape index (κ3) is 2.49. The third-order valence-corrected chi connectivity index (χ3v) is 3.63. The second-order valence-corrected chi connectivity index (χ2v) is 4.94. The highest BCUT2D eigenvalue weighted by Gasteiger charge is 2.13. The Labute approximate surface area is 116 Å². The molecule has 1 amide bonds. The van der Waals surface area contributed by atoms with Crippen molar-refractivity contribution < 1.29 is 9.21 Å². The van der Waals surface area contributed by atoms with Crippen molar-refractivity contribution in [2.75, 3.05) is 0 Å². The van der Waals surface area contributed by atoms with Crippen molar-refractivity contribution in [2.45, 2.75) is 0 Å². The van der Waals surface area contributed by atoms with E-state index in [0.717, 1.165) is 0 Å². The molecule has 0 radical (unpaired) electrons. The first kappa shape index (κ1) is 12.5. The maximum absolute atomic E-state index is 10.9. The molecule has 6 heteroatoms. The van der Waals surface area contributed by atoms with Gasteiger partial charge in [0.1, 0.15) is 5.76 Å². The van der Waals surface area contributed by atoms with Crippen LogP contribution in [0.4, 0.5) is 0 Å². The van der Waals surface area contributed by atoms with E-state index in [9.17, 15) is 4.79 Å². The molecule has 0 aliphatic rings. The standard InChI is InChI=1S/C11H6BrCl2NO2/c12-6-4-7(13)5(3-8(6)14)9-1-2-10(17-9)11(15)16/h1-4H,(H2,15,16). The molecule has 17 heavy (non-hydrogen) atoms. The minimum atomic E-state index is -0.629. The zero-order valence-electron chi connectivity index (χ0n) is 8.34. The lowest BCUT2D eigenvalue weighted by Gasteiger charge is -2.03. The van der Waals surface area contributed by atoms with Crippen LogP contribution in [0.3, 0.4) is 0 Å². The summed E-state index contributed by atoms with van der Waals surface area (Å²) in [6.07, 6.45) is 0. The van der Waals surface area contributed by atoms with Crippen LogP contribution < -0.4 is 5.73 Å². The van der Waals surface area contributed by atoms with Gasteiger partial charge in [-0.1, -0.05) is 23.2 Å². The molecule has 88 valence electrons. The number of carbonyl (C=O) groups excluding carboxylic acids is 1. The molecule has 0 bridgehead atoms. The van der Waals surface area contributed by atoms with E-state index in [2.05, 4.69) is 15.9 Å². The van der Waals surface area contributed by atoms with Gasteiger partial charge in [0, 0.05) is 10.0 Å². The average molecular weight is 335 g/mol. The molecule has 2 N–H and O–H groups in total. The molecule has 2 rings (SSSR count). The van der Waals surface area contributed by atoms with Crippen molar-refractivity contribution >= 4 is 45.0 Å². The zero-order valence-corrected chi connectivity index (χ0v) is 11.4. The van der Waals surface area contributed by atoms with Gasteiger partial charge in [0.15, 0.2) is 5.76 Å². The van der Waals surface area contributed by atoms with Gasteiger partial charge in [0.05, 0.1) is 10.0 Å². The summed E-state index contributed by atoms with van der Waals surface area (Å²) < 4.78 is 5.96. The van der Waals surface area contributed by atoms with Crippen molar-refractivity contribution in [1.82, 2.24) is 0 Å². The summed E-state index contributed by atoms with van der Waals surface area (Å²) in [5.41, 5.74) is 5.70. The lowest BCUT2D eigenvalue weighted by atomic mass is 10.2. The normalized spacial score (nSPS) is 10.5. The van der Waals surface area contributed by atoms with Gasteiger partial charge < -0.3 is 10.2 Å². The van der Waals surface area contributed by atoms with Crippen LogP contribution in [-0.2, 0) is 0 Å². The van der Waals surface area contributed by atoms with E-state index >= 15 is 0 Å². The zero-order chi connectivity index (χ0) is 12.6. The van der Waals surface area contributed by atoms with Crippen LogP contribution in [0.2, 0.25) is 10.0 Å². The SMILES string of the molecule is NC(=O)c1ccc(-c2cc(Cl)c(Br)cc2Cl)o1. The van der Waals surface area contributed by atoms with Gasteiger partial charge >= 0.3 is 0 Å². The molecule has 1 heterocycles. The van der Waals surface area contributed by atoms with Gasteiger partial charge in [-0.15, -0.1) is 0 Å². The largest absolute Gasteiger partial charge is 0.451 e. The molecule has 0 aliphatic carbocycles. The Bertz CT molecular complexity index is 595. The number of benzene rings is 1. The summed E-state index contributed by atoms with van der Waals surface area (Å²) in [7, 11) is 0. The number of furan rings is 1. The van der Waals surface area contributed by atoms with Crippen LogP contribution >= 0.6 is 39.1 Å². The summed E-state index contributed by atoms with van der Waals surface area (Å²) >= 11 is 15.3. The predicted molar refractivity (Wildman–Crippen MR) is 70.4 cm³/mol. The summed E-state index contributed by atoms with van der Waals surface area (Å²) in [5, 5.41) is 0.966. The van der Waals surface area contributed by atoms with E-state index in [0.29, 0.717) is 25.8 Å². The maximum Gasteiger partial charge on any atom is 0.284 e. The van der Waals surface area contributed by atoms with Crippen molar-refractivity contribution in [3.63, 3.8) is 0 Å². The smallest absolute Gasteiger partial charge is 0.284 e. The van der Waals surface area contributed by atoms with Crippen molar-refractivity contribution in [1.29, 1.82) is 0 Å². The number of hydrogen-bond donors (Lipinski definition) is 1. The summed E-state index contributed by atoms with van der Waals surface area (Å²) in [4.78, 5) is 10.9. The second-order valence-electron chi connectivity index (χ2n) is 3.27. The summed E-state index contributed by atoms with van der Waals surface area (Å²) in [6, 6.07) is 6.42. The van der Waals surface area contributed by atoms with Crippen LogP contribution in [0.15, 0.2) is 33.2 Å². The minimum Gasteiger partial charge on any atom is -0.451 e. The molecular weight excluding hydrogens is 329 g/mol. The fourth-order valence-electron chi connectivity index (χ4n) is 1.33. The first-order valence-corrected chi connectivity index (χ1v) is 6.08. The fourth-order valence-corrected chi connectivity index (χ4v) is 2.22. The number of hydrogen-bond acceptors (Lipinski definition) is 2. The van der Waals surface area contributed by atoms with E-state index in [-0.39, 0.29) is 5.76 Å². The topological polar surface area (TPSA) is 56.2 Å². The van der Waals surface area contributed by atoms with Gasteiger partial charge in [0.2, 0.25) is 0 Å². The molecule has 0 aliphatic heterocycles. The summed E-state index contributed by atoms with van der Waals surface area (Å²) in [5.74, 6) is -0.108. The average Bonchev–Trinajstić information content (AvgIpc) is 2.72. The lowest BCUT2D eigenvalue weighted by Crippen LogP contribution is -2.09. The van der Waals surface area contributed by atoms with E-state index in [1.54, 1.807) is 18.2 Å². The van der Waals surface area contributed by atoms with Crippen LogP contribution in [-0.4, -0.2) is 5.91 Å². The van der Waals surface area contributed by atoms with Crippen LogP contribution in [0.5, 0.6) is 0 Å². The van der Waals surface area contributed by atoms with Crippen molar-refractivity contribution in [3.05, 3.63) is 44.5 Å². The number of carbonyl (C=O) groups is 1. The lowest BCUT2D eigenvalue weighted by molar-refractivity contribution is 0.0974. The minimum absolute atomic E-state index is 0.0788. The molecule has 0 saturated carbocycles. The van der Waals surface area contributed by atoms with Crippen LogP contribution in [0.1, 0.15) is 10.6 Å². The van der Waals surface area contributed by atoms with Gasteiger partial charge in [0.25, 0.3) is 5.91 Å². The Morgan fingerprint density at radius 2 is 1.94 bits per heavy atom. The van der Waals surface area contributed by atoms with Gasteiger partial charge in [-0.2, -0.15) is 0 Å². The Hall–Kier alpha value is -0.970. The fraction of sp³-hybridized carbons (Fsp3) is 0. The Morgan fingerprint density at radius 1 is 1.24 bits per heavy atom. The number of rotatable bonds is 2. The molecule has 0 saturated heterocycles. The van der Waals surface area contributed by atoms with E-state index < -0.39 is 5.91 Å². The monoisotopic (exact) mass is 333 g/mol. The van der Waals surface area contributed by atoms with Crippen molar-refractivity contribution in [3.8, 4) is 11.3 Å². The van der Waals surface area contributed by atoms with Gasteiger partial charge in [-0.05, 0) is 40.2 Å². The summed E-state index contributed by atoms with van der Waals surface area (Å²) in [6.45, 7) is 0. The number of amides is 1. The maximum atomic E-state index is 10.9. The second kappa shape index (κ2) is 4.72. The Morgan fingerprint density at radius 3 is 2.53 bits per heavy atom.